The van der Waals surface area contributed by atoms with Crippen molar-refractivity contribution in [2.45, 2.75) is 37.1 Å². The molecule has 0 spiro atoms. The normalized spacial score (nSPS) is 23.8. The zero-order valence-electron chi connectivity index (χ0n) is 15.9. The van der Waals surface area contributed by atoms with Gasteiger partial charge >= 0.3 is 11.9 Å². The lowest BCUT2D eigenvalue weighted by atomic mass is 9.99. The largest absolute Gasteiger partial charge is 0.501 e. The molecule has 1 aliphatic heterocycles. The van der Waals surface area contributed by atoms with Gasteiger partial charge in [-0.1, -0.05) is 6.08 Å². The Morgan fingerprint density at radius 2 is 2.04 bits per heavy atom. The van der Waals surface area contributed by atoms with E-state index < -0.39 is 32.8 Å². The Labute approximate surface area is 163 Å². The number of amides is 3. The van der Waals surface area contributed by atoms with Crippen LogP contribution in [-0.2, 0) is 28.4 Å². The molecule has 28 heavy (non-hydrogen) atoms. The van der Waals surface area contributed by atoms with Crippen LogP contribution in [0.5, 0.6) is 0 Å². The van der Waals surface area contributed by atoms with Gasteiger partial charge in [-0.2, -0.15) is 19.4 Å². The summed E-state index contributed by atoms with van der Waals surface area (Å²) >= 11 is 0. The second-order valence-electron chi connectivity index (χ2n) is 7.75. The summed E-state index contributed by atoms with van der Waals surface area (Å²) < 4.78 is 31.2. The number of fused-ring (bicyclic) bond motifs is 1. The molecule has 0 saturated heterocycles. The molecule has 148 valence electrons. The van der Waals surface area contributed by atoms with E-state index in [2.05, 4.69) is 9.82 Å². The molecule has 1 saturated carbocycles. The number of rotatable bonds is 5. The summed E-state index contributed by atoms with van der Waals surface area (Å²) in [7, 11) is -0.501. The SMILES string of the molecule is CN1C(=O)C2=CC(S(=O)(=O)NC3(C)CC3)C=CC2=[N+](Cc2cnn(C)c2)C1=O. The van der Waals surface area contributed by atoms with Gasteiger partial charge in [-0.05, 0) is 31.9 Å². The Bertz CT molecular complexity index is 1080. The van der Waals surface area contributed by atoms with E-state index in [0.29, 0.717) is 5.71 Å². The van der Waals surface area contributed by atoms with E-state index in [1.807, 2.05) is 6.92 Å². The van der Waals surface area contributed by atoms with Crippen LogP contribution in [0.4, 0.5) is 4.79 Å². The van der Waals surface area contributed by atoms with Gasteiger partial charge in [-0.25, -0.2) is 17.9 Å². The molecular weight excluding hydrogens is 382 g/mol. The number of imide groups is 1. The molecule has 9 nitrogen and oxygen atoms in total. The van der Waals surface area contributed by atoms with Crippen molar-refractivity contribution in [3.8, 4) is 0 Å². The van der Waals surface area contributed by atoms with Gasteiger partial charge in [-0.3, -0.25) is 4.68 Å². The van der Waals surface area contributed by atoms with Crippen molar-refractivity contribution in [2.24, 2.45) is 7.05 Å². The minimum absolute atomic E-state index is 0.213. The Hall–Kier alpha value is -2.59. The third-order valence-corrected chi connectivity index (χ3v) is 7.03. The number of hydrogen-bond acceptors (Lipinski definition) is 5. The quantitative estimate of drug-likeness (QED) is 0.711. The van der Waals surface area contributed by atoms with Crippen molar-refractivity contribution in [1.29, 1.82) is 0 Å². The number of carbonyl (C=O) groups is 2. The molecule has 3 amide bonds. The topological polar surface area (TPSA) is 104 Å². The molecule has 2 heterocycles. The Morgan fingerprint density at radius 1 is 1.32 bits per heavy atom. The zero-order valence-corrected chi connectivity index (χ0v) is 16.7. The number of urea groups is 1. The summed E-state index contributed by atoms with van der Waals surface area (Å²) in [4.78, 5) is 26.3. The Balaban J connectivity index is 1.72. The van der Waals surface area contributed by atoms with Crippen LogP contribution >= 0.6 is 0 Å². The van der Waals surface area contributed by atoms with Crippen molar-refractivity contribution >= 4 is 27.7 Å². The van der Waals surface area contributed by atoms with Crippen LogP contribution in [0.3, 0.4) is 0 Å². The minimum Gasteiger partial charge on any atom is -0.275 e. The average molecular weight is 404 g/mol. The molecule has 10 heteroatoms. The van der Waals surface area contributed by atoms with Crippen molar-refractivity contribution in [2.75, 3.05) is 7.05 Å². The first kappa shape index (κ1) is 18.8. The number of sulfonamides is 1. The molecular formula is C18H22N5O4S+. The van der Waals surface area contributed by atoms with Crippen LogP contribution in [0.1, 0.15) is 25.3 Å². The number of carbonyl (C=O) groups excluding carboxylic acids is 2. The van der Waals surface area contributed by atoms with E-state index in [1.165, 1.54) is 23.8 Å². The fourth-order valence-corrected chi connectivity index (χ4v) is 4.96. The van der Waals surface area contributed by atoms with Crippen molar-refractivity contribution in [3.63, 3.8) is 0 Å². The monoisotopic (exact) mass is 404 g/mol. The van der Waals surface area contributed by atoms with E-state index >= 15 is 0 Å². The van der Waals surface area contributed by atoms with Gasteiger partial charge in [0, 0.05) is 24.3 Å². The van der Waals surface area contributed by atoms with E-state index in [1.54, 1.807) is 30.2 Å². The second-order valence-corrected chi connectivity index (χ2v) is 9.59. The van der Waals surface area contributed by atoms with Crippen LogP contribution in [0.25, 0.3) is 0 Å². The van der Waals surface area contributed by atoms with Gasteiger partial charge in [0.2, 0.25) is 10.0 Å². The van der Waals surface area contributed by atoms with Crippen molar-refractivity contribution in [1.82, 2.24) is 19.4 Å². The molecule has 3 aliphatic rings. The zero-order chi connectivity index (χ0) is 20.3. The third-order valence-electron chi connectivity index (χ3n) is 5.24. The van der Waals surface area contributed by atoms with Gasteiger partial charge in [0.25, 0.3) is 0 Å². The molecule has 1 N–H and O–H groups in total. The first-order chi connectivity index (χ1) is 13.1. The highest BCUT2D eigenvalue weighted by atomic mass is 32.2. The summed E-state index contributed by atoms with van der Waals surface area (Å²) in [6.07, 6.45) is 9.51. The Morgan fingerprint density at radius 3 is 2.64 bits per heavy atom. The van der Waals surface area contributed by atoms with Crippen molar-refractivity contribution < 1.29 is 22.6 Å². The molecule has 1 aromatic rings. The van der Waals surface area contributed by atoms with E-state index in [-0.39, 0.29) is 12.1 Å². The molecule has 0 radical (unpaired) electrons. The predicted octanol–water partition coefficient (Wildman–Crippen LogP) is 0.302. The Kier molecular flexibility index (Phi) is 4.16. The lowest BCUT2D eigenvalue weighted by Crippen LogP contribution is -2.50. The maximum atomic E-state index is 12.7. The maximum absolute atomic E-state index is 12.7. The summed E-state index contributed by atoms with van der Waals surface area (Å²) in [6, 6.07) is -0.462. The van der Waals surface area contributed by atoms with Crippen molar-refractivity contribution in [3.05, 3.63) is 41.8 Å². The van der Waals surface area contributed by atoms with Crippen LogP contribution in [0.2, 0.25) is 0 Å². The highest BCUT2D eigenvalue weighted by molar-refractivity contribution is 7.90. The predicted molar refractivity (Wildman–Crippen MR) is 101 cm³/mol. The second kappa shape index (κ2) is 6.21. The molecule has 4 rings (SSSR count). The number of aromatic nitrogens is 2. The van der Waals surface area contributed by atoms with Crippen LogP contribution < -0.4 is 4.72 Å². The van der Waals surface area contributed by atoms with Gasteiger partial charge in [0.15, 0.2) is 0 Å². The number of nitrogens with one attached hydrogen (secondary N) is 1. The van der Waals surface area contributed by atoms with Gasteiger partial charge in [0.1, 0.15) is 23.1 Å². The van der Waals surface area contributed by atoms with Crippen LogP contribution in [0, 0.1) is 0 Å². The fraction of sp³-hybridized carbons (Fsp3) is 0.444. The van der Waals surface area contributed by atoms with E-state index in [0.717, 1.165) is 23.3 Å². The van der Waals surface area contributed by atoms with Crippen LogP contribution in [-0.4, -0.2) is 63.2 Å². The lowest BCUT2D eigenvalue weighted by molar-refractivity contribution is -0.452. The van der Waals surface area contributed by atoms with E-state index in [9.17, 15) is 18.0 Å². The maximum Gasteiger partial charge on any atom is 0.501 e. The standard InChI is InChI=1S/C18H22N5O4S/c1-18(6-7-18)20-28(26,27)13-4-5-15-14(8-13)16(24)22(3)17(25)23(15)11-12-9-19-21(2)10-12/h4-5,8-10,13,20H,6-7,11H2,1-3H3/q+1. The molecule has 0 aromatic carbocycles. The summed E-state index contributed by atoms with van der Waals surface area (Å²) in [5, 5.41) is 3.13. The molecule has 1 aromatic heterocycles. The molecule has 0 bridgehead atoms. The number of hydrogen-bond donors (Lipinski definition) is 1. The highest BCUT2D eigenvalue weighted by Gasteiger charge is 2.46. The fourth-order valence-electron chi connectivity index (χ4n) is 3.33. The molecule has 1 atom stereocenters. The smallest absolute Gasteiger partial charge is 0.275 e. The van der Waals surface area contributed by atoms with Gasteiger partial charge in [0.05, 0.1) is 13.2 Å². The number of allylic oxidation sites excluding steroid dienone is 1. The minimum atomic E-state index is -3.67. The molecule has 2 aliphatic carbocycles. The van der Waals surface area contributed by atoms with E-state index in [4.69, 9.17) is 0 Å². The lowest BCUT2D eigenvalue weighted by Gasteiger charge is -2.24. The summed E-state index contributed by atoms with van der Waals surface area (Å²) in [5.41, 5.74) is 1.02. The average Bonchev–Trinajstić information content (AvgIpc) is 3.20. The van der Waals surface area contributed by atoms with Crippen LogP contribution in [0.15, 0.2) is 36.2 Å². The molecule has 1 unspecified atom stereocenters. The number of aryl methyl sites for hydroxylation is 1. The number of likely N-dealkylation sites (N-methyl/N-ethyl adjacent to an activating group) is 1. The molecule has 1 fully saturated rings. The highest BCUT2D eigenvalue weighted by Crippen LogP contribution is 2.36. The first-order valence-electron chi connectivity index (χ1n) is 8.97. The number of nitrogens with zero attached hydrogens (tertiary/aromatic N) is 4. The summed E-state index contributed by atoms with van der Waals surface area (Å²) in [6.45, 7) is 2.09. The summed E-state index contributed by atoms with van der Waals surface area (Å²) in [5.74, 6) is -0.510. The first-order valence-corrected chi connectivity index (χ1v) is 10.5. The van der Waals surface area contributed by atoms with Gasteiger partial charge < -0.3 is 0 Å². The van der Waals surface area contributed by atoms with Gasteiger partial charge in [-0.15, -0.1) is 0 Å². The third kappa shape index (κ3) is 3.22.